The Kier molecular flexibility index (Phi) is 8.41. The second-order valence-corrected chi connectivity index (χ2v) is 5.20. The molecule has 0 aromatic heterocycles. The zero-order chi connectivity index (χ0) is 3.58. The highest BCUT2D eigenvalue weighted by molar-refractivity contribution is 6.54. The summed E-state index contributed by atoms with van der Waals surface area (Å²) in [4.78, 5) is 0. The summed E-state index contributed by atoms with van der Waals surface area (Å²) >= 11 is -0.139. The van der Waals surface area contributed by atoms with Gasteiger partial charge in [-0.05, 0) is 0 Å². The van der Waals surface area contributed by atoms with E-state index in [9.17, 15) is 0 Å². The Hall–Kier alpha value is 0.597. The summed E-state index contributed by atoms with van der Waals surface area (Å²) < 4.78 is 0. The van der Waals surface area contributed by atoms with Crippen LogP contribution in [0.4, 0.5) is 0 Å². The van der Waals surface area contributed by atoms with E-state index in [0.29, 0.717) is 0 Å². The van der Waals surface area contributed by atoms with E-state index in [1.165, 1.54) is 0 Å². The normalized spacial score (nSPS) is 5.40. The van der Waals surface area contributed by atoms with Crippen LogP contribution in [-0.4, -0.2) is 22.6 Å². The first-order valence-corrected chi connectivity index (χ1v) is 5.20. The summed E-state index contributed by atoms with van der Waals surface area (Å²) in [6.45, 7) is 0. The van der Waals surface area contributed by atoms with Gasteiger partial charge in [0, 0.05) is 8.41 Å². The molecule has 0 nitrogen and oxygen atoms in total. The van der Waals surface area contributed by atoms with Gasteiger partial charge in [0.1, 0.15) is 0 Å². The number of hydrogen-bond donors (Lipinski definition) is 0. The predicted molar refractivity (Wildman–Crippen MR) is 29.1 cm³/mol. The van der Waals surface area contributed by atoms with Gasteiger partial charge in [-0.25, -0.2) is 0 Å². The Morgan fingerprint density at radius 2 is 1.00 bits per heavy atom. The topological polar surface area (TPSA) is 0 Å². The maximum absolute atomic E-state index is 2.31. The molecule has 0 atom stereocenters. The number of rotatable bonds is 0. The maximum atomic E-state index is 2.31. The van der Waals surface area contributed by atoms with Gasteiger partial charge in [-0.1, -0.05) is 0 Å². The van der Waals surface area contributed by atoms with Crippen LogP contribution in [0.2, 0.25) is 17.4 Å². The first-order valence-electron chi connectivity index (χ1n) is 1.73. The van der Waals surface area contributed by atoms with Crippen LogP contribution < -0.4 is 0 Å². The Labute approximate surface area is 40.5 Å². The standard InChI is InChI=1S/3CH3.Al.B/h3*1H3;;. The van der Waals surface area contributed by atoms with Crippen molar-refractivity contribution in [3.63, 3.8) is 0 Å². The molecule has 0 aromatic rings. The average molecular weight is 82.9 g/mol. The Balaban J connectivity index is 0. The minimum absolute atomic E-state index is 0. The summed E-state index contributed by atoms with van der Waals surface area (Å²) in [5.41, 5.74) is 0. The molecule has 2 heteroatoms. The fraction of sp³-hybridized carbons (Fsp3) is 1.00. The van der Waals surface area contributed by atoms with Crippen molar-refractivity contribution in [3.8, 4) is 0 Å². The van der Waals surface area contributed by atoms with E-state index < -0.39 is 0 Å². The fourth-order valence-electron chi connectivity index (χ4n) is 0. The highest BCUT2D eigenvalue weighted by atomic mass is 27.2. The van der Waals surface area contributed by atoms with Crippen LogP contribution in [0.1, 0.15) is 0 Å². The highest BCUT2D eigenvalue weighted by Crippen LogP contribution is 1.68. The van der Waals surface area contributed by atoms with Gasteiger partial charge in [0.15, 0.2) is 0 Å². The first-order chi connectivity index (χ1) is 1.73. The summed E-state index contributed by atoms with van der Waals surface area (Å²) in [7, 11) is 0. The highest BCUT2D eigenvalue weighted by Gasteiger charge is 1.81. The van der Waals surface area contributed by atoms with Crippen molar-refractivity contribution in [1.29, 1.82) is 0 Å². The molecule has 0 saturated heterocycles. The molecule has 0 rings (SSSR count). The van der Waals surface area contributed by atoms with E-state index in [1.54, 1.807) is 0 Å². The van der Waals surface area contributed by atoms with Gasteiger partial charge in [0.25, 0.3) is 14.1 Å². The van der Waals surface area contributed by atoms with Crippen molar-refractivity contribution in [2.45, 2.75) is 17.4 Å². The summed E-state index contributed by atoms with van der Waals surface area (Å²) in [5, 5.41) is 0. The molecule has 0 aliphatic heterocycles. The van der Waals surface area contributed by atoms with Gasteiger partial charge >= 0.3 is 0 Å². The van der Waals surface area contributed by atoms with E-state index in [4.69, 9.17) is 0 Å². The molecule has 3 radical (unpaired) electrons. The van der Waals surface area contributed by atoms with Gasteiger partial charge in [-0.15, -0.1) is 17.4 Å². The molecular weight excluding hydrogens is 73.8 g/mol. The third-order valence-corrected chi connectivity index (χ3v) is 0. The van der Waals surface area contributed by atoms with Crippen LogP contribution in [0.25, 0.3) is 0 Å². The lowest BCUT2D eigenvalue weighted by Crippen LogP contribution is -1.84. The minimum atomic E-state index is -0.139. The lowest BCUT2D eigenvalue weighted by Gasteiger charge is -1.67. The second kappa shape index (κ2) is 4.60. The van der Waals surface area contributed by atoms with E-state index in [1.807, 2.05) is 0 Å². The van der Waals surface area contributed by atoms with E-state index in [0.717, 1.165) is 0 Å². The lowest BCUT2D eigenvalue weighted by molar-refractivity contribution is 1.91. The summed E-state index contributed by atoms with van der Waals surface area (Å²) in [6.07, 6.45) is 0. The van der Waals surface area contributed by atoms with Crippen LogP contribution >= 0.6 is 0 Å². The minimum Gasteiger partial charge on any atom is -0.106 e. The van der Waals surface area contributed by atoms with Crippen molar-refractivity contribution in [1.82, 2.24) is 0 Å². The largest absolute Gasteiger partial charge is 0.251 e. The number of hydrogen-bond acceptors (Lipinski definition) is 0. The van der Waals surface area contributed by atoms with Crippen LogP contribution in [0.15, 0.2) is 0 Å². The molecule has 5 heavy (non-hydrogen) atoms. The SMILES string of the molecule is [B].[CH3][Al]([CH3])[CH3]. The molecule has 0 amide bonds. The zero-order valence-corrected chi connectivity index (χ0v) is 5.31. The fourth-order valence-corrected chi connectivity index (χ4v) is 0. The molecular formula is C3H9AlB. The smallest absolute Gasteiger partial charge is 0.106 e. The van der Waals surface area contributed by atoms with Gasteiger partial charge in [0.2, 0.25) is 0 Å². The molecule has 27 valence electrons. The third kappa shape index (κ3) is 86.9. The van der Waals surface area contributed by atoms with E-state index >= 15 is 0 Å². The van der Waals surface area contributed by atoms with Crippen molar-refractivity contribution in [2.75, 3.05) is 0 Å². The van der Waals surface area contributed by atoms with Crippen molar-refractivity contribution >= 4 is 22.6 Å². The Morgan fingerprint density at radius 3 is 1.00 bits per heavy atom. The van der Waals surface area contributed by atoms with Gasteiger partial charge < -0.3 is 0 Å². The second-order valence-electron chi connectivity index (χ2n) is 1.73. The van der Waals surface area contributed by atoms with Gasteiger partial charge in [0.05, 0.1) is 0 Å². The summed E-state index contributed by atoms with van der Waals surface area (Å²) in [5.74, 6) is 6.92. The molecule has 0 saturated carbocycles. The average Bonchev–Trinajstić information content (AvgIpc) is 0.811. The Bertz CT molecular complexity index is 11.6. The quantitative estimate of drug-likeness (QED) is 0.383. The zero-order valence-electron chi connectivity index (χ0n) is 4.15. The third-order valence-electron chi connectivity index (χ3n) is 0. The van der Waals surface area contributed by atoms with Crippen molar-refractivity contribution in [2.24, 2.45) is 0 Å². The molecule has 0 fully saturated rings. The molecule has 0 aliphatic rings. The van der Waals surface area contributed by atoms with Gasteiger partial charge in [-0.2, -0.15) is 0 Å². The van der Waals surface area contributed by atoms with E-state index in [-0.39, 0.29) is 22.6 Å². The van der Waals surface area contributed by atoms with Crippen molar-refractivity contribution < 1.29 is 0 Å². The van der Waals surface area contributed by atoms with Crippen LogP contribution in [0.5, 0.6) is 0 Å². The molecule has 0 aliphatic carbocycles. The molecule has 0 aromatic carbocycles. The van der Waals surface area contributed by atoms with Crippen LogP contribution in [0, 0.1) is 0 Å². The van der Waals surface area contributed by atoms with E-state index in [2.05, 4.69) is 17.4 Å². The molecule has 0 spiro atoms. The van der Waals surface area contributed by atoms with Crippen molar-refractivity contribution in [3.05, 3.63) is 0 Å². The van der Waals surface area contributed by atoms with Crippen LogP contribution in [0.3, 0.4) is 0 Å². The lowest BCUT2D eigenvalue weighted by atomic mass is 10.8. The van der Waals surface area contributed by atoms with Gasteiger partial charge in [-0.3, -0.25) is 0 Å². The Morgan fingerprint density at radius 1 is 1.00 bits per heavy atom. The first kappa shape index (κ1) is 9.14. The summed E-state index contributed by atoms with van der Waals surface area (Å²) in [6, 6.07) is 0. The predicted octanol–water partition coefficient (Wildman–Crippen LogP) is 0.990. The molecule has 0 heterocycles. The monoisotopic (exact) mass is 83.1 g/mol. The molecule has 0 bridgehead atoms. The molecule has 0 N–H and O–H groups in total. The maximum Gasteiger partial charge on any atom is 0.251 e. The van der Waals surface area contributed by atoms with Crippen LogP contribution in [-0.2, 0) is 0 Å². The molecule has 0 unspecified atom stereocenters.